The third-order valence-corrected chi connectivity index (χ3v) is 7.79. The van der Waals surface area contributed by atoms with E-state index in [0.717, 1.165) is 27.5 Å². The predicted octanol–water partition coefficient (Wildman–Crippen LogP) is 5.12. The van der Waals surface area contributed by atoms with Crippen LogP contribution in [0.15, 0.2) is 89.8 Å². The summed E-state index contributed by atoms with van der Waals surface area (Å²) >= 11 is 0. The lowest BCUT2D eigenvalue weighted by molar-refractivity contribution is -0.134. The van der Waals surface area contributed by atoms with E-state index >= 15 is 0 Å². The van der Waals surface area contributed by atoms with Crippen LogP contribution in [-0.4, -0.2) is 19.6 Å². The molecule has 0 N–H and O–H groups in total. The molecular weight excluding hydrogens is 408 g/mol. The second kappa shape index (κ2) is 7.36. The van der Waals surface area contributed by atoms with E-state index in [1.165, 1.54) is 0 Å². The first-order valence-electron chi connectivity index (χ1n) is 10.1. The minimum Gasteiger partial charge on any atom is -0.425 e. The fraction of sp³-hybridized carbons (Fsp3) is 0.115. The van der Waals surface area contributed by atoms with Gasteiger partial charge in [-0.1, -0.05) is 66.7 Å². The molecule has 1 heterocycles. The number of hydrogen-bond acceptors (Lipinski definition) is 4. The molecular formula is C26H20O4S. The molecule has 0 radical (unpaired) electrons. The molecule has 4 aromatic carbocycles. The van der Waals surface area contributed by atoms with E-state index in [0.29, 0.717) is 11.3 Å². The van der Waals surface area contributed by atoms with Gasteiger partial charge in [-0.25, -0.2) is 8.42 Å². The zero-order chi connectivity index (χ0) is 21.6. The highest BCUT2D eigenvalue weighted by molar-refractivity contribution is 7.93. The Labute approximate surface area is 181 Å². The fourth-order valence-corrected chi connectivity index (χ4v) is 5.93. The summed E-state index contributed by atoms with van der Waals surface area (Å²) in [7, 11) is -3.98. The third kappa shape index (κ3) is 3.41. The molecule has 154 valence electrons. The molecule has 0 aromatic heterocycles. The Balaban J connectivity index is 1.64. The van der Waals surface area contributed by atoms with E-state index in [1.54, 1.807) is 24.3 Å². The van der Waals surface area contributed by atoms with E-state index in [2.05, 4.69) is 0 Å². The number of carbonyl (C=O) groups is 1. The highest BCUT2D eigenvalue weighted by Gasteiger charge is 2.40. The van der Waals surface area contributed by atoms with Gasteiger partial charge in [0.15, 0.2) is 15.1 Å². The second-order valence-corrected chi connectivity index (χ2v) is 9.93. The van der Waals surface area contributed by atoms with Gasteiger partial charge in [0.1, 0.15) is 5.75 Å². The van der Waals surface area contributed by atoms with Gasteiger partial charge in [-0.05, 0) is 52.6 Å². The summed E-state index contributed by atoms with van der Waals surface area (Å²) in [4.78, 5) is 12.8. The first-order valence-corrected chi connectivity index (χ1v) is 11.6. The van der Waals surface area contributed by atoms with Gasteiger partial charge < -0.3 is 4.74 Å². The van der Waals surface area contributed by atoms with Gasteiger partial charge in [-0.2, -0.15) is 0 Å². The molecule has 1 aliphatic rings. The normalized spacial score (nSPS) is 16.0. The maximum atomic E-state index is 13.7. The number of rotatable bonds is 3. The van der Waals surface area contributed by atoms with E-state index in [1.807, 2.05) is 67.6 Å². The maximum Gasteiger partial charge on any atom is 0.330 e. The molecule has 0 spiro atoms. The molecule has 0 amide bonds. The second-order valence-electron chi connectivity index (χ2n) is 7.83. The number of hydrogen-bond donors (Lipinski definition) is 0. The number of sulfone groups is 1. The van der Waals surface area contributed by atoms with Crippen molar-refractivity contribution in [2.24, 2.45) is 0 Å². The number of fused-ring (bicyclic) bond motifs is 2. The Morgan fingerprint density at radius 2 is 1.58 bits per heavy atom. The Morgan fingerprint density at radius 3 is 2.42 bits per heavy atom. The van der Waals surface area contributed by atoms with Crippen molar-refractivity contribution in [3.8, 4) is 16.9 Å². The maximum absolute atomic E-state index is 13.7. The van der Waals surface area contributed by atoms with Crippen LogP contribution in [0.3, 0.4) is 0 Å². The molecule has 4 nitrogen and oxygen atoms in total. The van der Waals surface area contributed by atoms with E-state index in [-0.39, 0.29) is 11.3 Å². The smallest absolute Gasteiger partial charge is 0.330 e. The van der Waals surface area contributed by atoms with E-state index in [4.69, 9.17) is 4.74 Å². The summed E-state index contributed by atoms with van der Waals surface area (Å²) < 4.78 is 32.8. The molecule has 0 bridgehead atoms. The van der Waals surface area contributed by atoms with Crippen LogP contribution in [0.4, 0.5) is 0 Å². The molecule has 5 rings (SSSR count). The number of ether oxygens (including phenoxy) is 1. The Kier molecular flexibility index (Phi) is 4.63. The molecule has 1 unspecified atom stereocenters. The summed E-state index contributed by atoms with van der Waals surface area (Å²) in [5, 5.41) is 0.827. The van der Waals surface area contributed by atoms with Gasteiger partial charge in [0.2, 0.25) is 0 Å². The molecule has 0 aliphatic carbocycles. The van der Waals surface area contributed by atoms with Crippen LogP contribution < -0.4 is 4.74 Å². The monoisotopic (exact) mass is 428 g/mol. The molecule has 1 atom stereocenters. The van der Waals surface area contributed by atoms with Crippen LogP contribution in [0.5, 0.6) is 5.75 Å². The van der Waals surface area contributed by atoms with Gasteiger partial charge in [-0.3, -0.25) is 4.79 Å². The van der Waals surface area contributed by atoms with Gasteiger partial charge in [-0.15, -0.1) is 0 Å². The number of aryl methyl sites for hydroxylation is 1. The summed E-state index contributed by atoms with van der Waals surface area (Å²) in [5.41, 5.74) is 2.91. The van der Waals surface area contributed by atoms with Crippen molar-refractivity contribution in [1.29, 1.82) is 0 Å². The quantitative estimate of drug-likeness (QED) is 0.336. The summed E-state index contributed by atoms with van der Waals surface area (Å²) in [5.74, 6) is -0.303. The van der Waals surface area contributed by atoms with Crippen molar-refractivity contribution >= 4 is 26.6 Å². The van der Waals surface area contributed by atoms with E-state index < -0.39 is 21.1 Å². The SMILES string of the molecule is Cc1ccc(-c2ccc3ccccc3c2)c(S(=O)(=O)C2Cc3ccccc3OC2=O)c1. The van der Waals surface area contributed by atoms with Gasteiger partial charge in [0, 0.05) is 12.0 Å². The van der Waals surface area contributed by atoms with Crippen LogP contribution in [0.25, 0.3) is 21.9 Å². The lowest BCUT2D eigenvalue weighted by Gasteiger charge is -2.24. The summed E-state index contributed by atoms with van der Waals surface area (Å²) in [6.45, 7) is 1.84. The highest BCUT2D eigenvalue weighted by atomic mass is 32.2. The van der Waals surface area contributed by atoms with Gasteiger partial charge in [0.05, 0.1) is 4.90 Å². The van der Waals surface area contributed by atoms with E-state index in [9.17, 15) is 13.2 Å². The molecule has 5 heteroatoms. The largest absolute Gasteiger partial charge is 0.425 e. The summed E-state index contributed by atoms with van der Waals surface area (Å²) in [6, 6.07) is 26.2. The Morgan fingerprint density at radius 1 is 0.839 bits per heavy atom. The zero-order valence-corrected chi connectivity index (χ0v) is 17.7. The molecule has 1 aliphatic heterocycles. The van der Waals surface area contributed by atoms with Crippen molar-refractivity contribution in [2.75, 3.05) is 0 Å². The Bertz CT molecular complexity index is 1440. The highest BCUT2D eigenvalue weighted by Crippen LogP contribution is 2.36. The number of benzene rings is 4. The zero-order valence-electron chi connectivity index (χ0n) is 16.9. The minimum atomic E-state index is -3.98. The minimum absolute atomic E-state index is 0.0996. The number of para-hydroxylation sites is 1. The van der Waals surface area contributed by atoms with Crippen molar-refractivity contribution in [1.82, 2.24) is 0 Å². The van der Waals surface area contributed by atoms with Gasteiger partial charge >= 0.3 is 5.97 Å². The van der Waals surface area contributed by atoms with Crippen LogP contribution in [0, 0.1) is 6.92 Å². The van der Waals surface area contributed by atoms with Crippen molar-refractivity contribution in [2.45, 2.75) is 23.5 Å². The van der Waals surface area contributed by atoms with Crippen molar-refractivity contribution in [3.63, 3.8) is 0 Å². The Hall–Kier alpha value is -3.44. The standard InChI is InChI=1S/C26H20O4S/c1-17-10-13-22(20-12-11-18-6-2-3-7-19(18)15-20)24(14-17)31(28,29)25-16-21-8-4-5-9-23(21)30-26(25)27/h2-15,25H,16H2,1H3. The fourth-order valence-electron chi connectivity index (χ4n) is 4.08. The predicted molar refractivity (Wildman–Crippen MR) is 121 cm³/mol. The number of carbonyl (C=O) groups excluding carboxylic acids is 1. The first kappa shape index (κ1) is 19.5. The molecule has 0 fully saturated rings. The lowest BCUT2D eigenvalue weighted by atomic mass is 10.0. The molecule has 0 saturated carbocycles. The third-order valence-electron chi connectivity index (χ3n) is 5.73. The van der Waals surface area contributed by atoms with Crippen LogP contribution in [0.1, 0.15) is 11.1 Å². The van der Waals surface area contributed by atoms with Crippen LogP contribution in [0.2, 0.25) is 0 Å². The first-order chi connectivity index (χ1) is 14.9. The number of esters is 1. The van der Waals surface area contributed by atoms with Crippen molar-refractivity contribution < 1.29 is 17.9 Å². The van der Waals surface area contributed by atoms with Crippen LogP contribution in [-0.2, 0) is 21.1 Å². The van der Waals surface area contributed by atoms with Crippen molar-refractivity contribution in [3.05, 3.63) is 96.1 Å². The lowest BCUT2D eigenvalue weighted by Crippen LogP contribution is -2.39. The topological polar surface area (TPSA) is 60.4 Å². The average molecular weight is 429 g/mol. The summed E-state index contributed by atoms with van der Waals surface area (Å²) in [6.07, 6.45) is 0.0996. The average Bonchev–Trinajstić information content (AvgIpc) is 2.78. The molecule has 31 heavy (non-hydrogen) atoms. The molecule has 4 aromatic rings. The van der Waals surface area contributed by atoms with Crippen LogP contribution >= 0.6 is 0 Å². The molecule has 0 saturated heterocycles. The van der Waals surface area contributed by atoms with Gasteiger partial charge in [0.25, 0.3) is 0 Å².